The fourth-order valence-electron chi connectivity index (χ4n) is 2.11. The number of benzene rings is 1. The maximum atomic E-state index is 9.89. The first kappa shape index (κ1) is 11.4. The zero-order valence-corrected chi connectivity index (χ0v) is 9.94. The van der Waals surface area contributed by atoms with Crippen LogP contribution in [0.4, 0.5) is 0 Å². The SMILES string of the molecule is CCC1(O)CN(Cc2ccc(OC)cc2)C1. The van der Waals surface area contributed by atoms with Crippen molar-refractivity contribution in [2.75, 3.05) is 20.2 Å². The summed E-state index contributed by atoms with van der Waals surface area (Å²) in [5.41, 5.74) is 0.825. The van der Waals surface area contributed by atoms with Crippen LogP contribution in [0.25, 0.3) is 0 Å². The van der Waals surface area contributed by atoms with E-state index in [1.165, 1.54) is 5.56 Å². The van der Waals surface area contributed by atoms with Gasteiger partial charge in [0.1, 0.15) is 5.75 Å². The van der Waals surface area contributed by atoms with E-state index in [2.05, 4.69) is 17.0 Å². The van der Waals surface area contributed by atoms with Crippen LogP contribution in [0, 0.1) is 0 Å². The van der Waals surface area contributed by atoms with Crippen LogP contribution in [0.15, 0.2) is 24.3 Å². The molecule has 0 unspecified atom stereocenters. The van der Waals surface area contributed by atoms with Crippen LogP contribution in [0.1, 0.15) is 18.9 Å². The summed E-state index contributed by atoms with van der Waals surface area (Å²) in [7, 11) is 1.67. The Labute approximate surface area is 96.6 Å². The quantitative estimate of drug-likeness (QED) is 0.839. The number of ether oxygens (including phenoxy) is 1. The van der Waals surface area contributed by atoms with Gasteiger partial charge in [0, 0.05) is 19.6 Å². The van der Waals surface area contributed by atoms with Crippen molar-refractivity contribution in [2.24, 2.45) is 0 Å². The van der Waals surface area contributed by atoms with Gasteiger partial charge in [-0.2, -0.15) is 0 Å². The molecule has 1 heterocycles. The maximum Gasteiger partial charge on any atom is 0.118 e. The van der Waals surface area contributed by atoms with Crippen LogP contribution in [0.2, 0.25) is 0 Å². The largest absolute Gasteiger partial charge is 0.497 e. The summed E-state index contributed by atoms with van der Waals surface area (Å²) in [5.74, 6) is 0.887. The molecule has 1 aromatic rings. The standard InChI is InChI=1S/C13H19NO2/c1-3-13(15)9-14(10-13)8-11-4-6-12(16-2)7-5-11/h4-7,15H,3,8-10H2,1-2H3. The second-order valence-corrected chi connectivity index (χ2v) is 4.57. The molecule has 0 amide bonds. The molecule has 88 valence electrons. The van der Waals surface area contributed by atoms with Crippen LogP contribution >= 0.6 is 0 Å². The third-order valence-corrected chi connectivity index (χ3v) is 3.26. The van der Waals surface area contributed by atoms with Gasteiger partial charge in [0.05, 0.1) is 12.7 Å². The number of nitrogens with zero attached hydrogens (tertiary/aromatic N) is 1. The molecule has 0 atom stereocenters. The van der Waals surface area contributed by atoms with E-state index in [9.17, 15) is 5.11 Å². The number of likely N-dealkylation sites (tertiary alicyclic amines) is 1. The molecule has 1 saturated heterocycles. The van der Waals surface area contributed by atoms with E-state index < -0.39 is 5.60 Å². The molecule has 0 aromatic heterocycles. The summed E-state index contributed by atoms with van der Waals surface area (Å²) in [6, 6.07) is 8.09. The molecule has 0 radical (unpaired) electrons. The lowest BCUT2D eigenvalue weighted by Crippen LogP contribution is -2.60. The van der Waals surface area contributed by atoms with E-state index in [1.807, 2.05) is 19.1 Å². The van der Waals surface area contributed by atoms with Gasteiger partial charge in [-0.15, -0.1) is 0 Å². The monoisotopic (exact) mass is 221 g/mol. The molecule has 0 bridgehead atoms. The van der Waals surface area contributed by atoms with E-state index in [0.717, 1.165) is 31.8 Å². The van der Waals surface area contributed by atoms with Gasteiger partial charge in [0.25, 0.3) is 0 Å². The van der Waals surface area contributed by atoms with Gasteiger partial charge in [-0.1, -0.05) is 19.1 Å². The third-order valence-electron chi connectivity index (χ3n) is 3.26. The molecular weight excluding hydrogens is 202 g/mol. The van der Waals surface area contributed by atoms with Gasteiger partial charge in [-0.3, -0.25) is 4.90 Å². The van der Waals surface area contributed by atoms with Gasteiger partial charge in [-0.25, -0.2) is 0 Å². The van der Waals surface area contributed by atoms with Gasteiger partial charge >= 0.3 is 0 Å². The summed E-state index contributed by atoms with van der Waals surface area (Å²) in [6.45, 7) is 4.52. The molecule has 0 spiro atoms. The van der Waals surface area contributed by atoms with Crippen LogP contribution < -0.4 is 4.74 Å². The van der Waals surface area contributed by atoms with E-state index >= 15 is 0 Å². The lowest BCUT2D eigenvalue weighted by molar-refractivity contribution is -0.103. The third kappa shape index (κ3) is 2.36. The number of hydrogen-bond donors (Lipinski definition) is 1. The normalized spacial score (nSPS) is 19.2. The first-order valence-electron chi connectivity index (χ1n) is 5.73. The van der Waals surface area contributed by atoms with Gasteiger partial charge in [-0.05, 0) is 24.1 Å². The summed E-state index contributed by atoms with van der Waals surface area (Å²) >= 11 is 0. The number of aliphatic hydroxyl groups is 1. The lowest BCUT2D eigenvalue weighted by atomic mass is 9.91. The Morgan fingerprint density at radius 1 is 1.31 bits per heavy atom. The topological polar surface area (TPSA) is 32.7 Å². The van der Waals surface area contributed by atoms with Crippen molar-refractivity contribution >= 4 is 0 Å². The first-order valence-corrected chi connectivity index (χ1v) is 5.73. The predicted octanol–water partition coefficient (Wildman–Crippen LogP) is 1.65. The molecule has 0 aliphatic carbocycles. The molecule has 1 fully saturated rings. The summed E-state index contributed by atoms with van der Waals surface area (Å²) in [5, 5.41) is 9.89. The molecule has 0 saturated carbocycles. The zero-order chi connectivity index (χ0) is 11.6. The molecule has 1 aromatic carbocycles. The average molecular weight is 221 g/mol. The van der Waals surface area contributed by atoms with Crippen molar-refractivity contribution in [3.8, 4) is 5.75 Å². The highest BCUT2D eigenvalue weighted by atomic mass is 16.5. The number of rotatable bonds is 4. The molecule has 3 nitrogen and oxygen atoms in total. The van der Waals surface area contributed by atoms with E-state index in [0.29, 0.717) is 0 Å². The van der Waals surface area contributed by atoms with Crippen molar-refractivity contribution in [1.29, 1.82) is 0 Å². The minimum Gasteiger partial charge on any atom is -0.497 e. The smallest absolute Gasteiger partial charge is 0.118 e. The van der Waals surface area contributed by atoms with Crippen LogP contribution in [-0.2, 0) is 6.54 Å². The Bertz CT molecular complexity index is 341. The van der Waals surface area contributed by atoms with Crippen molar-refractivity contribution in [3.63, 3.8) is 0 Å². The van der Waals surface area contributed by atoms with Gasteiger partial charge in [0.2, 0.25) is 0 Å². The maximum absolute atomic E-state index is 9.89. The number of methoxy groups -OCH3 is 1. The minimum absolute atomic E-state index is 0.438. The summed E-state index contributed by atoms with van der Waals surface area (Å²) < 4.78 is 5.11. The average Bonchev–Trinajstić information content (AvgIpc) is 2.28. The fraction of sp³-hybridized carbons (Fsp3) is 0.538. The molecule has 1 aliphatic heterocycles. The Morgan fingerprint density at radius 3 is 2.44 bits per heavy atom. The van der Waals surface area contributed by atoms with Crippen LogP contribution in [0.5, 0.6) is 5.75 Å². The lowest BCUT2D eigenvalue weighted by Gasteiger charge is -2.46. The van der Waals surface area contributed by atoms with Crippen molar-refractivity contribution in [1.82, 2.24) is 4.90 Å². The molecule has 1 aliphatic rings. The molecule has 16 heavy (non-hydrogen) atoms. The van der Waals surface area contributed by atoms with E-state index in [1.54, 1.807) is 7.11 Å². The van der Waals surface area contributed by atoms with E-state index in [-0.39, 0.29) is 0 Å². The highest BCUT2D eigenvalue weighted by Gasteiger charge is 2.38. The fourth-order valence-corrected chi connectivity index (χ4v) is 2.11. The summed E-state index contributed by atoms with van der Waals surface area (Å²) in [6.07, 6.45) is 0.839. The molecule has 3 heteroatoms. The second kappa shape index (κ2) is 4.44. The number of β-amino-alcohol motifs (C(OH)–C–C–N with tert-alkyl or cyclic N) is 1. The Balaban J connectivity index is 1.87. The van der Waals surface area contributed by atoms with Crippen molar-refractivity contribution in [2.45, 2.75) is 25.5 Å². The predicted molar refractivity (Wildman–Crippen MR) is 63.5 cm³/mol. The van der Waals surface area contributed by atoms with E-state index in [4.69, 9.17) is 4.74 Å². The Morgan fingerprint density at radius 2 is 1.94 bits per heavy atom. The molecule has 2 rings (SSSR count). The van der Waals surface area contributed by atoms with Crippen molar-refractivity contribution < 1.29 is 9.84 Å². The number of hydrogen-bond acceptors (Lipinski definition) is 3. The highest BCUT2D eigenvalue weighted by Crippen LogP contribution is 2.26. The molecular formula is C13H19NO2. The highest BCUT2D eigenvalue weighted by molar-refractivity contribution is 5.27. The van der Waals surface area contributed by atoms with Gasteiger partial charge in [0.15, 0.2) is 0 Å². The summed E-state index contributed by atoms with van der Waals surface area (Å²) in [4.78, 5) is 2.26. The van der Waals surface area contributed by atoms with Crippen molar-refractivity contribution in [3.05, 3.63) is 29.8 Å². The van der Waals surface area contributed by atoms with Crippen LogP contribution in [0.3, 0.4) is 0 Å². The minimum atomic E-state index is -0.438. The molecule has 1 N–H and O–H groups in total. The zero-order valence-electron chi connectivity index (χ0n) is 9.94. The van der Waals surface area contributed by atoms with Crippen LogP contribution in [-0.4, -0.2) is 35.8 Å². The Hall–Kier alpha value is -1.06. The second-order valence-electron chi connectivity index (χ2n) is 4.57. The first-order chi connectivity index (χ1) is 7.65. The van der Waals surface area contributed by atoms with Gasteiger partial charge < -0.3 is 9.84 Å². The Kier molecular flexibility index (Phi) is 3.17.